The Morgan fingerprint density at radius 3 is 2.61 bits per heavy atom. The van der Waals surface area contributed by atoms with Crippen LogP contribution in [0, 0.1) is 6.92 Å². The monoisotopic (exact) mass is 322 g/mol. The van der Waals surface area contributed by atoms with Gasteiger partial charge in [0.15, 0.2) is 5.78 Å². The summed E-state index contributed by atoms with van der Waals surface area (Å²) in [7, 11) is 0. The van der Waals surface area contributed by atoms with Gasteiger partial charge >= 0.3 is 0 Å². The lowest BCUT2D eigenvalue weighted by Gasteiger charge is -2.07. The van der Waals surface area contributed by atoms with E-state index < -0.39 is 0 Å². The van der Waals surface area contributed by atoms with Crippen LogP contribution in [-0.4, -0.2) is 5.78 Å². The molecule has 1 nitrogen and oxygen atoms in total. The third-order valence-corrected chi connectivity index (χ3v) is 3.66. The number of carbonyl (C=O) groups is 1. The highest BCUT2D eigenvalue weighted by molar-refractivity contribution is 9.10. The minimum atomic E-state index is 0.0908. The van der Waals surface area contributed by atoms with Crippen molar-refractivity contribution in [1.29, 1.82) is 0 Å². The maximum Gasteiger partial charge on any atom is 0.167 e. The van der Waals surface area contributed by atoms with Gasteiger partial charge < -0.3 is 0 Å². The predicted molar refractivity (Wildman–Crippen MR) is 78.4 cm³/mol. The van der Waals surface area contributed by atoms with Crippen LogP contribution in [0.1, 0.15) is 21.5 Å². The van der Waals surface area contributed by atoms with Crippen molar-refractivity contribution in [3.63, 3.8) is 0 Å². The first-order chi connectivity index (χ1) is 8.58. The molecule has 0 atom stereocenters. The predicted octanol–water partition coefficient (Wildman–Crippen LogP) is 4.84. The number of rotatable bonds is 3. The zero-order valence-electron chi connectivity index (χ0n) is 9.91. The van der Waals surface area contributed by atoms with Gasteiger partial charge in [-0.25, -0.2) is 0 Å². The topological polar surface area (TPSA) is 17.1 Å². The van der Waals surface area contributed by atoms with Crippen molar-refractivity contribution in [2.24, 2.45) is 0 Å². The number of hydrogen-bond donors (Lipinski definition) is 0. The van der Waals surface area contributed by atoms with Gasteiger partial charge in [-0.3, -0.25) is 4.79 Å². The Balaban J connectivity index is 2.25. The van der Waals surface area contributed by atoms with Crippen molar-refractivity contribution in [2.75, 3.05) is 0 Å². The number of ketones is 1. The van der Waals surface area contributed by atoms with E-state index in [1.807, 2.05) is 43.3 Å². The van der Waals surface area contributed by atoms with Crippen molar-refractivity contribution in [3.05, 3.63) is 68.7 Å². The molecule has 0 saturated heterocycles. The number of carbonyl (C=O) groups excluding carboxylic acids is 1. The summed E-state index contributed by atoms with van der Waals surface area (Å²) in [5.41, 5.74) is 2.59. The molecule has 0 fully saturated rings. The SMILES string of the molecule is Cc1cc(Br)ccc1C(=O)Cc1ccccc1Cl. The Morgan fingerprint density at radius 2 is 1.94 bits per heavy atom. The maximum atomic E-state index is 12.2. The van der Waals surface area contributed by atoms with E-state index in [-0.39, 0.29) is 5.78 Å². The van der Waals surface area contributed by atoms with Gasteiger partial charge in [-0.1, -0.05) is 51.8 Å². The fourth-order valence-electron chi connectivity index (χ4n) is 1.85. The van der Waals surface area contributed by atoms with Gasteiger partial charge in [-0.15, -0.1) is 0 Å². The molecule has 0 radical (unpaired) electrons. The van der Waals surface area contributed by atoms with Crippen molar-refractivity contribution < 1.29 is 4.79 Å². The Bertz CT molecular complexity index is 593. The Labute approximate surface area is 120 Å². The van der Waals surface area contributed by atoms with E-state index in [2.05, 4.69) is 15.9 Å². The summed E-state index contributed by atoms with van der Waals surface area (Å²) in [4.78, 5) is 12.2. The van der Waals surface area contributed by atoms with Gasteiger partial charge in [-0.2, -0.15) is 0 Å². The van der Waals surface area contributed by atoms with Gasteiger partial charge in [0, 0.05) is 21.5 Å². The molecule has 2 aromatic rings. The molecule has 0 heterocycles. The number of halogens is 2. The van der Waals surface area contributed by atoms with Gasteiger partial charge in [0.25, 0.3) is 0 Å². The van der Waals surface area contributed by atoms with E-state index in [0.29, 0.717) is 11.4 Å². The zero-order chi connectivity index (χ0) is 13.1. The standard InChI is InChI=1S/C15H12BrClO/c1-10-8-12(16)6-7-13(10)15(18)9-11-4-2-3-5-14(11)17/h2-8H,9H2,1H3. The van der Waals surface area contributed by atoms with Gasteiger partial charge in [0.05, 0.1) is 0 Å². The zero-order valence-corrected chi connectivity index (χ0v) is 12.3. The fourth-order valence-corrected chi connectivity index (χ4v) is 2.53. The lowest BCUT2D eigenvalue weighted by molar-refractivity contribution is 0.0992. The highest BCUT2D eigenvalue weighted by Gasteiger charge is 2.11. The van der Waals surface area contributed by atoms with E-state index in [4.69, 9.17) is 11.6 Å². The molecular weight excluding hydrogens is 312 g/mol. The van der Waals surface area contributed by atoms with Crippen LogP contribution in [-0.2, 0) is 6.42 Å². The highest BCUT2D eigenvalue weighted by Crippen LogP contribution is 2.20. The Kier molecular flexibility index (Phi) is 4.20. The second kappa shape index (κ2) is 5.68. The highest BCUT2D eigenvalue weighted by atomic mass is 79.9. The van der Waals surface area contributed by atoms with Gasteiger partial charge in [0.2, 0.25) is 0 Å². The molecule has 0 N–H and O–H groups in total. The van der Waals surface area contributed by atoms with Crippen LogP contribution in [0.5, 0.6) is 0 Å². The van der Waals surface area contributed by atoms with Crippen LogP contribution < -0.4 is 0 Å². The summed E-state index contributed by atoms with van der Waals surface area (Å²) in [5, 5.41) is 0.639. The normalized spacial score (nSPS) is 10.4. The summed E-state index contributed by atoms with van der Waals surface area (Å²) < 4.78 is 0.981. The van der Waals surface area contributed by atoms with Crippen LogP contribution in [0.2, 0.25) is 5.02 Å². The van der Waals surface area contributed by atoms with Crippen molar-refractivity contribution >= 4 is 33.3 Å². The number of aryl methyl sites for hydroxylation is 1. The summed E-state index contributed by atoms with van der Waals surface area (Å²) in [6, 6.07) is 13.1. The summed E-state index contributed by atoms with van der Waals surface area (Å²) in [6.45, 7) is 1.94. The lowest BCUT2D eigenvalue weighted by Crippen LogP contribution is -2.06. The Hall–Kier alpha value is -1.12. The molecule has 3 heteroatoms. The molecule has 92 valence electrons. The van der Waals surface area contributed by atoms with Crippen LogP contribution in [0.25, 0.3) is 0 Å². The van der Waals surface area contributed by atoms with Crippen molar-refractivity contribution in [2.45, 2.75) is 13.3 Å². The molecule has 2 aromatic carbocycles. The smallest absolute Gasteiger partial charge is 0.167 e. The van der Waals surface area contributed by atoms with Gasteiger partial charge in [-0.05, 0) is 36.2 Å². The van der Waals surface area contributed by atoms with Gasteiger partial charge in [0.1, 0.15) is 0 Å². The average Bonchev–Trinajstić information content (AvgIpc) is 2.32. The fraction of sp³-hybridized carbons (Fsp3) is 0.133. The van der Waals surface area contributed by atoms with Crippen LogP contribution in [0.4, 0.5) is 0 Å². The molecule has 0 aromatic heterocycles. The molecule has 2 rings (SSSR count). The average molecular weight is 324 g/mol. The van der Waals surface area contributed by atoms with Crippen molar-refractivity contribution in [3.8, 4) is 0 Å². The lowest BCUT2D eigenvalue weighted by atomic mass is 9.99. The number of Topliss-reactive ketones (excluding diaryl/α,β-unsaturated/α-hetero) is 1. The third kappa shape index (κ3) is 3.01. The van der Waals surface area contributed by atoms with Crippen LogP contribution in [0.15, 0.2) is 46.9 Å². The molecule has 18 heavy (non-hydrogen) atoms. The first kappa shape index (κ1) is 13.3. The number of hydrogen-bond acceptors (Lipinski definition) is 1. The first-order valence-electron chi connectivity index (χ1n) is 5.60. The van der Waals surface area contributed by atoms with Crippen LogP contribution in [0.3, 0.4) is 0 Å². The van der Waals surface area contributed by atoms with E-state index >= 15 is 0 Å². The molecule has 0 spiro atoms. The quantitative estimate of drug-likeness (QED) is 0.739. The van der Waals surface area contributed by atoms with E-state index in [9.17, 15) is 4.79 Å². The second-order valence-corrected chi connectivity index (χ2v) is 5.47. The second-order valence-electron chi connectivity index (χ2n) is 4.15. The minimum Gasteiger partial charge on any atom is -0.294 e. The first-order valence-corrected chi connectivity index (χ1v) is 6.78. The summed E-state index contributed by atoms with van der Waals surface area (Å²) in [5.74, 6) is 0.0908. The Morgan fingerprint density at radius 1 is 1.22 bits per heavy atom. The molecule has 0 unspecified atom stereocenters. The van der Waals surface area contributed by atoms with E-state index in [1.54, 1.807) is 6.07 Å². The molecule has 0 bridgehead atoms. The molecule has 0 amide bonds. The molecular formula is C15H12BrClO. The largest absolute Gasteiger partial charge is 0.294 e. The minimum absolute atomic E-state index is 0.0908. The number of benzene rings is 2. The maximum absolute atomic E-state index is 12.2. The molecule has 0 aliphatic carbocycles. The molecule has 0 aliphatic rings. The molecule has 0 aliphatic heterocycles. The third-order valence-electron chi connectivity index (χ3n) is 2.80. The molecule has 0 saturated carbocycles. The summed E-state index contributed by atoms with van der Waals surface area (Å²) in [6.07, 6.45) is 0.335. The van der Waals surface area contributed by atoms with E-state index in [1.165, 1.54) is 0 Å². The van der Waals surface area contributed by atoms with E-state index in [0.717, 1.165) is 21.2 Å². The van der Waals surface area contributed by atoms with Crippen LogP contribution >= 0.6 is 27.5 Å². The summed E-state index contributed by atoms with van der Waals surface area (Å²) >= 11 is 9.45. The van der Waals surface area contributed by atoms with Crippen molar-refractivity contribution in [1.82, 2.24) is 0 Å².